The van der Waals surface area contributed by atoms with E-state index in [0.29, 0.717) is 29.4 Å². The van der Waals surface area contributed by atoms with Gasteiger partial charge in [-0.2, -0.15) is 0 Å². The second-order valence-corrected chi connectivity index (χ2v) is 9.98. The molecule has 0 aliphatic carbocycles. The number of amides is 3. The molecule has 0 saturated carbocycles. The minimum Gasteiger partial charge on any atom is -0.490 e. The van der Waals surface area contributed by atoms with Gasteiger partial charge in [-0.3, -0.25) is 29.4 Å². The zero-order valence-electron chi connectivity index (χ0n) is 22.1. The molecule has 1 aliphatic heterocycles. The monoisotopic (exact) mass is 561 g/mol. The van der Waals surface area contributed by atoms with Gasteiger partial charge in [-0.1, -0.05) is 18.2 Å². The van der Waals surface area contributed by atoms with E-state index >= 15 is 0 Å². The number of nitro groups is 1. The van der Waals surface area contributed by atoms with E-state index in [1.165, 1.54) is 12.1 Å². The lowest BCUT2D eigenvalue weighted by Gasteiger charge is -2.14. The lowest BCUT2D eigenvalue weighted by molar-refractivity contribution is -0.384. The van der Waals surface area contributed by atoms with Crippen LogP contribution in [0.15, 0.2) is 65.6 Å². The Morgan fingerprint density at radius 2 is 1.77 bits per heavy atom. The summed E-state index contributed by atoms with van der Waals surface area (Å²) in [6.45, 7) is 5.73. The Balaban J connectivity index is 1.44. The highest BCUT2D eigenvalue weighted by Gasteiger charge is 2.36. The third-order valence-corrected chi connectivity index (χ3v) is 6.86. The molecule has 11 heteroatoms. The number of ether oxygens (including phenoxy) is 2. The molecule has 3 aromatic rings. The van der Waals surface area contributed by atoms with E-state index < -0.39 is 28.5 Å². The molecule has 0 aromatic heterocycles. The van der Waals surface area contributed by atoms with Crippen LogP contribution in [0.4, 0.5) is 16.2 Å². The van der Waals surface area contributed by atoms with E-state index in [9.17, 15) is 24.5 Å². The van der Waals surface area contributed by atoms with Gasteiger partial charge in [-0.05, 0) is 91.2 Å². The Hall–Kier alpha value is -4.64. The number of imide groups is 1. The third-order valence-electron chi connectivity index (χ3n) is 5.95. The smallest absolute Gasteiger partial charge is 0.294 e. The van der Waals surface area contributed by atoms with Crippen LogP contribution in [0.5, 0.6) is 11.5 Å². The van der Waals surface area contributed by atoms with Crippen LogP contribution >= 0.6 is 11.8 Å². The van der Waals surface area contributed by atoms with Crippen molar-refractivity contribution < 1.29 is 28.8 Å². The van der Waals surface area contributed by atoms with Crippen LogP contribution in [-0.4, -0.2) is 40.0 Å². The van der Waals surface area contributed by atoms with E-state index in [0.717, 1.165) is 33.4 Å². The summed E-state index contributed by atoms with van der Waals surface area (Å²) in [4.78, 5) is 49.6. The van der Waals surface area contributed by atoms with Crippen LogP contribution in [0.1, 0.15) is 29.2 Å². The highest BCUT2D eigenvalue weighted by molar-refractivity contribution is 8.18. The Bertz CT molecular complexity index is 1500. The predicted molar refractivity (Wildman–Crippen MR) is 152 cm³/mol. The normalized spacial score (nSPS) is 14.0. The number of anilines is 1. The van der Waals surface area contributed by atoms with E-state index in [1.807, 2.05) is 39.0 Å². The number of hydrogen-bond acceptors (Lipinski definition) is 8. The van der Waals surface area contributed by atoms with Gasteiger partial charge < -0.3 is 14.8 Å². The number of hydrogen-bond donors (Lipinski definition) is 1. The molecule has 1 saturated heterocycles. The topological polar surface area (TPSA) is 128 Å². The first-order valence-corrected chi connectivity index (χ1v) is 13.2. The van der Waals surface area contributed by atoms with E-state index in [-0.39, 0.29) is 17.2 Å². The molecular formula is C29H27N3O7S. The lowest BCUT2D eigenvalue weighted by atomic mass is 10.1. The minimum atomic E-state index is -0.553. The predicted octanol–water partition coefficient (Wildman–Crippen LogP) is 5.86. The fraction of sp³-hybridized carbons (Fsp3) is 0.207. The fourth-order valence-corrected chi connectivity index (χ4v) is 4.71. The molecule has 4 rings (SSSR count). The quantitative estimate of drug-likeness (QED) is 0.185. The molecule has 0 spiro atoms. The van der Waals surface area contributed by atoms with Gasteiger partial charge in [0, 0.05) is 17.8 Å². The second kappa shape index (κ2) is 12.5. The number of nitro benzene ring substituents is 1. The fourth-order valence-electron chi connectivity index (χ4n) is 3.87. The van der Waals surface area contributed by atoms with Crippen molar-refractivity contribution in [2.45, 2.75) is 27.4 Å². The molecule has 0 atom stereocenters. The Kier molecular flexibility index (Phi) is 8.85. The van der Waals surface area contributed by atoms with Crippen molar-refractivity contribution in [1.29, 1.82) is 0 Å². The number of non-ortho nitro benzene ring substituents is 1. The van der Waals surface area contributed by atoms with Gasteiger partial charge in [0.05, 0.1) is 16.4 Å². The van der Waals surface area contributed by atoms with Crippen LogP contribution in [0.25, 0.3) is 6.08 Å². The molecule has 1 aliphatic rings. The summed E-state index contributed by atoms with van der Waals surface area (Å²) in [5.41, 5.74) is 3.83. The van der Waals surface area contributed by atoms with Crippen molar-refractivity contribution in [2.24, 2.45) is 0 Å². The number of rotatable bonds is 10. The molecule has 1 N–H and O–H groups in total. The summed E-state index contributed by atoms with van der Waals surface area (Å²) in [5, 5.41) is 13.1. The molecule has 1 heterocycles. The minimum absolute atomic E-state index is 0.00507. The second-order valence-electron chi connectivity index (χ2n) is 8.99. The van der Waals surface area contributed by atoms with Crippen LogP contribution in [0.2, 0.25) is 0 Å². The Morgan fingerprint density at radius 1 is 1.02 bits per heavy atom. The molecule has 3 amide bonds. The van der Waals surface area contributed by atoms with Gasteiger partial charge in [0.1, 0.15) is 13.2 Å². The maximum absolute atomic E-state index is 13.0. The van der Waals surface area contributed by atoms with Crippen LogP contribution < -0.4 is 14.8 Å². The average molecular weight is 562 g/mol. The number of nitrogens with zero attached hydrogens (tertiary/aromatic N) is 2. The SMILES string of the molecule is CCOc1cc(/C=C2/SC(=O)N(CC(=O)Nc3cc(C)ccc3C)C2=O)ccc1OCc1ccc([N+](=O)[O-])cc1. The van der Waals surface area contributed by atoms with Gasteiger partial charge >= 0.3 is 0 Å². The molecule has 206 valence electrons. The van der Waals surface area contributed by atoms with E-state index in [4.69, 9.17) is 9.47 Å². The van der Waals surface area contributed by atoms with Crippen molar-refractivity contribution in [3.8, 4) is 11.5 Å². The third kappa shape index (κ3) is 6.86. The number of thioether (sulfide) groups is 1. The summed E-state index contributed by atoms with van der Waals surface area (Å²) in [5.74, 6) is -0.133. The summed E-state index contributed by atoms with van der Waals surface area (Å²) in [6, 6.07) is 16.8. The van der Waals surface area contributed by atoms with Crippen LogP contribution in [0, 0.1) is 24.0 Å². The van der Waals surface area contributed by atoms with Crippen molar-refractivity contribution in [1.82, 2.24) is 4.90 Å². The van der Waals surface area contributed by atoms with Gasteiger partial charge in [0.2, 0.25) is 5.91 Å². The van der Waals surface area contributed by atoms with E-state index in [1.54, 1.807) is 36.4 Å². The van der Waals surface area contributed by atoms with Crippen molar-refractivity contribution in [2.75, 3.05) is 18.5 Å². The zero-order valence-corrected chi connectivity index (χ0v) is 22.9. The molecule has 0 radical (unpaired) electrons. The molecule has 3 aromatic carbocycles. The number of aryl methyl sites for hydroxylation is 2. The summed E-state index contributed by atoms with van der Waals surface area (Å²) < 4.78 is 11.6. The largest absolute Gasteiger partial charge is 0.490 e. The molecular weight excluding hydrogens is 534 g/mol. The lowest BCUT2D eigenvalue weighted by Crippen LogP contribution is -2.36. The summed E-state index contributed by atoms with van der Waals surface area (Å²) in [7, 11) is 0. The summed E-state index contributed by atoms with van der Waals surface area (Å²) >= 11 is 0.763. The molecule has 1 fully saturated rings. The van der Waals surface area contributed by atoms with Gasteiger partial charge in [0.25, 0.3) is 16.8 Å². The first-order valence-electron chi connectivity index (χ1n) is 12.4. The maximum atomic E-state index is 13.0. The molecule has 40 heavy (non-hydrogen) atoms. The van der Waals surface area contributed by atoms with Gasteiger partial charge in [-0.25, -0.2) is 0 Å². The number of carbonyl (C=O) groups is 3. The highest BCUT2D eigenvalue weighted by Crippen LogP contribution is 2.35. The molecule has 0 bridgehead atoms. The Labute approximate surface area is 235 Å². The van der Waals surface area contributed by atoms with Crippen molar-refractivity contribution >= 4 is 46.3 Å². The molecule has 10 nitrogen and oxygen atoms in total. The first kappa shape index (κ1) is 28.4. The number of benzene rings is 3. The van der Waals surface area contributed by atoms with Gasteiger partial charge in [-0.15, -0.1) is 0 Å². The van der Waals surface area contributed by atoms with Gasteiger partial charge in [0.15, 0.2) is 11.5 Å². The number of carbonyl (C=O) groups excluding carboxylic acids is 3. The highest BCUT2D eigenvalue weighted by atomic mass is 32.2. The average Bonchev–Trinajstić information content (AvgIpc) is 3.18. The maximum Gasteiger partial charge on any atom is 0.294 e. The van der Waals surface area contributed by atoms with E-state index in [2.05, 4.69) is 5.32 Å². The molecule has 0 unspecified atom stereocenters. The van der Waals surface area contributed by atoms with Crippen molar-refractivity contribution in [3.63, 3.8) is 0 Å². The van der Waals surface area contributed by atoms with Crippen LogP contribution in [0.3, 0.4) is 0 Å². The number of nitrogens with one attached hydrogen (secondary N) is 1. The van der Waals surface area contributed by atoms with Crippen LogP contribution in [-0.2, 0) is 16.2 Å². The summed E-state index contributed by atoms with van der Waals surface area (Å²) in [6.07, 6.45) is 1.57. The standard InChI is InChI=1S/C29H27N3O7S/c1-4-38-25-14-21(9-12-24(25)39-17-20-7-10-22(11-8-20)32(36)37)15-26-28(34)31(29(35)40-26)16-27(33)30-23-13-18(2)5-6-19(23)3/h5-15H,4,16-17H2,1-3H3,(H,30,33)/b26-15+. The first-order chi connectivity index (χ1) is 19.1. The van der Waals surface area contributed by atoms with Crippen molar-refractivity contribution in [3.05, 3.63) is 97.9 Å². The zero-order chi connectivity index (χ0) is 28.8. The Morgan fingerprint density at radius 3 is 2.48 bits per heavy atom.